The Balaban J connectivity index is 2.01. The molecular formula is C14H31N3O. The normalized spacial score (nSPS) is 21.0. The number of nitrogens with one attached hydrogen (secondary N) is 1. The number of methoxy groups -OCH3 is 1. The molecule has 1 aliphatic heterocycles. The van der Waals surface area contributed by atoms with E-state index in [0.29, 0.717) is 0 Å². The molecule has 0 amide bonds. The largest absolute Gasteiger partial charge is 0.385 e. The van der Waals surface area contributed by atoms with Crippen LogP contribution in [0.4, 0.5) is 0 Å². The molecule has 0 radical (unpaired) electrons. The van der Waals surface area contributed by atoms with Gasteiger partial charge in [-0.1, -0.05) is 6.92 Å². The lowest BCUT2D eigenvalue weighted by molar-refractivity contribution is 0.190. The number of likely N-dealkylation sites (tertiary alicyclic amines) is 1. The van der Waals surface area contributed by atoms with Crippen LogP contribution in [0.2, 0.25) is 0 Å². The number of hydrogen-bond donors (Lipinski definition) is 1. The average Bonchev–Trinajstić information content (AvgIpc) is 2.80. The van der Waals surface area contributed by atoms with Crippen molar-refractivity contribution in [2.24, 2.45) is 0 Å². The molecule has 1 aliphatic rings. The third-order valence-electron chi connectivity index (χ3n) is 3.80. The zero-order valence-corrected chi connectivity index (χ0v) is 12.5. The maximum atomic E-state index is 5.03. The lowest BCUT2D eigenvalue weighted by Crippen LogP contribution is -2.40. The van der Waals surface area contributed by atoms with Gasteiger partial charge < -0.3 is 15.0 Å². The summed E-state index contributed by atoms with van der Waals surface area (Å²) in [6.07, 6.45) is 3.85. The van der Waals surface area contributed by atoms with E-state index in [4.69, 9.17) is 4.74 Å². The molecule has 4 nitrogen and oxygen atoms in total. The molecule has 4 heteroatoms. The number of nitrogens with zero attached hydrogens (tertiary/aromatic N) is 2. The van der Waals surface area contributed by atoms with Crippen molar-refractivity contribution in [3.63, 3.8) is 0 Å². The Morgan fingerprint density at radius 1 is 1.39 bits per heavy atom. The molecule has 1 unspecified atom stereocenters. The summed E-state index contributed by atoms with van der Waals surface area (Å²) in [6.45, 7) is 10.1. The summed E-state index contributed by atoms with van der Waals surface area (Å²) in [7, 11) is 4.00. The van der Waals surface area contributed by atoms with E-state index < -0.39 is 0 Å². The molecule has 1 saturated heterocycles. The van der Waals surface area contributed by atoms with Gasteiger partial charge in [-0.25, -0.2) is 0 Å². The van der Waals surface area contributed by atoms with Crippen molar-refractivity contribution in [2.45, 2.75) is 32.2 Å². The molecule has 108 valence electrons. The minimum absolute atomic E-state index is 0.786. The highest BCUT2D eigenvalue weighted by Gasteiger charge is 2.23. The quantitative estimate of drug-likeness (QED) is 0.592. The van der Waals surface area contributed by atoms with Gasteiger partial charge in [-0.3, -0.25) is 4.90 Å². The fraction of sp³-hybridized carbons (Fsp3) is 1.00. The van der Waals surface area contributed by atoms with Gasteiger partial charge in [0, 0.05) is 39.4 Å². The summed E-state index contributed by atoms with van der Waals surface area (Å²) >= 11 is 0. The second kappa shape index (κ2) is 9.73. The maximum absolute atomic E-state index is 5.03. The third kappa shape index (κ3) is 6.14. The van der Waals surface area contributed by atoms with Crippen molar-refractivity contribution in [1.82, 2.24) is 15.1 Å². The van der Waals surface area contributed by atoms with Crippen LogP contribution in [-0.2, 0) is 4.74 Å². The molecule has 1 N–H and O–H groups in total. The first-order valence-electron chi connectivity index (χ1n) is 7.40. The summed E-state index contributed by atoms with van der Waals surface area (Å²) in [5.41, 5.74) is 0. The number of rotatable bonds is 10. The minimum atomic E-state index is 0.786. The fourth-order valence-electron chi connectivity index (χ4n) is 2.71. The van der Waals surface area contributed by atoms with Crippen LogP contribution < -0.4 is 5.32 Å². The van der Waals surface area contributed by atoms with Crippen molar-refractivity contribution >= 4 is 0 Å². The predicted octanol–water partition coefficient (Wildman–Crippen LogP) is 1.03. The summed E-state index contributed by atoms with van der Waals surface area (Å²) < 4.78 is 5.03. The highest BCUT2D eigenvalue weighted by atomic mass is 16.5. The molecular weight excluding hydrogens is 226 g/mol. The molecule has 0 aromatic heterocycles. The van der Waals surface area contributed by atoms with Crippen LogP contribution in [0.5, 0.6) is 0 Å². The molecule has 1 heterocycles. The van der Waals surface area contributed by atoms with Crippen LogP contribution in [0.1, 0.15) is 26.2 Å². The van der Waals surface area contributed by atoms with Crippen molar-refractivity contribution < 1.29 is 4.74 Å². The van der Waals surface area contributed by atoms with E-state index in [0.717, 1.165) is 38.7 Å². The van der Waals surface area contributed by atoms with Gasteiger partial charge in [-0.2, -0.15) is 0 Å². The van der Waals surface area contributed by atoms with Crippen molar-refractivity contribution in [1.29, 1.82) is 0 Å². The van der Waals surface area contributed by atoms with E-state index >= 15 is 0 Å². The summed E-state index contributed by atoms with van der Waals surface area (Å²) in [4.78, 5) is 5.07. The van der Waals surface area contributed by atoms with Crippen LogP contribution in [-0.4, -0.2) is 75.9 Å². The van der Waals surface area contributed by atoms with Gasteiger partial charge in [0.2, 0.25) is 0 Å². The van der Waals surface area contributed by atoms with E-state index in [1.165, 1.54) is 32.5 Å². The molecule has 1 fully saturated rings. The molecule has 0 aromatic rings. The Kier molecular flexibility index (Phi) is 8.59. The summed E-state index contributed by atoms with van der Waals surface area (Å²) in [5, 5.41) is 3.47. The highest BCUT2D eigenvalue weighted by molar-refractivity contribution is 4.80. The molecule has 0 spiro atoms. The summed E-state index contributed by atoms with van der Waals surface area (Å²) in [5.74, 6) is 0. The standard InChI is InChI=1S/C14H31N3O/c1-4-17-10-5-7-14(17)13-16(2)11-9-15-8-6-12-18-3/h14-15H,4-13H2,1-3H3. The van der Waals surface area contributed by atoms with Crippen molar-refractivity contribution in [3.8, 4) is 0 Å². The number of hydrogen-bond acceptors (Lipinski definition) is 4. The lowest BCUT2D eigenvalue weighted by Gasteiger charge is -2.27. The highest BCUT2D eigenvalue weighted by Crippen LogP contribution is 2.16. The zero-order valence-electron chi connectivity index (χ0n) is 12.5. The smallest absolute Gasteiger partial charge is 0.0474 e. The van der Waals surface area contributed by atoms with E-state index in [9.17, 15) is 0 Å². The first kappa shape index (κ1) is 15.9. The van der Waals surface area contributed by atoms with Gasteiger partial charge >= 0.3 is 0 Å². The van der Waals surface area contributed by atoms with Gasteiger partial charge in [0.05, 0.1) is 0 Å². The molecule has 1 rings (SSSR count). The molecule has 18 heavy (non-hydrogen) atoms. The van der Waals surface area contributed by atoms with Crippen molar-refractivity contribution in [3.05, 3.63) is 0 Å². The van der Waals surface area contributed by atoms with Gasteiger partial charge in [-0.05, 0) is 45.9 Å². The Hall–Kier alpha value is -0.160. The van der Waals surface area contributed by atoms with E-state index in [-0.39, 0.29) is 0 Å². The van der Waals surface area contributed by atoms with Gasteiger partial charge in [0.25, 0.3) is 0 Å². The van der Waals surface area contributed by atoms with E-state index in [2.05, 4.69) is 29.1 Å². The van der Waals surface area contributed by atoms with E-state index in [1.807, 2.05) is 0 Å². The second-order valence-electron chi connectivity index (χ2n) is 5.28. The molecule has 1 atom stereocenters. The van der Waals surface area contributed by atoms with Gasteiger partial charge in [-0.15, -0.1) is 0 Å². The van der Waals surface area contributed by atoms with Crippen LogP contribution in [0.25, 0.3) is 0 Å². The van der Waals surface area contributed by atoms with Crippen LogP contribution >= 0.6 is 0 Å². The Morgan fingerprint density at radius 3 is 2.94 bits per heavy atom. The third-order valence-corrected chi connectivity index (χ3v) is 3.80. The first-order valence-corrected chi connectivity index (χ1v) is 7.40. The Labute approximate surface area is 113 Å². The second-order valence-corrected chi connectivity index (χ2v) is 5.28. The van der Waals surface area contributed by atoms with Crippen LogP contribution in [0, 0.1) is 0 Å². The predicted molar refractivity (Wildman–Crippen MR) is 77.1 cm³/mol. The van der Waals surface area contributed by atoms with E-state index in [1.54, 1.807) is 7.11 Å². The zero-order chi connectivity index (χ0) is 13.2. The average molecular weight is 257 g/mol. The van der Waals surface area contributed by atoms with Crippen LogP contribution in [0.15, 0.2) is 0 Å². The molecule has 0 saturated carbocycles. The Bertz CT molecular complexity index is 201. The number of likely N-dealkylation sites (N-methyl/N-ethyl adjacent to an activating group) is 2. The van der Waals surface area contributed by atoms with Crippen LogP contribution in [0.3, 0.4) is 0 Å². The molecule has 0 bridgehead atoms. The fourth-order valence-corrected chi connectivity index (χ4v) is 2.71. The minimum Gasteiger partial charge on any atom is -0.385 e. The lowest BCUT2D eigenvalue weighted by atomic mass is 10.2. The van der Waals surface area contributed by atoms with Crippen molar-refractivity contribution in [2.75, 3.05) is 60.0 Å². The van der Waals surface area contributed by atoms with Gasteiger partial charge in [0.1, 0.15) is 0 Å². The number of ether oxygens (including phenoxy) is 1. The molecule has 0 aromatic carbocycles. The SMILES string of the molecule is CCN1CCCC1CN(C)CCNCCCOC. The monoisotopic (exact) mass is 257 g/mol. The summed E-state index contributed by atoms with van der Waals surface area (Å²) in [6, 6.07) is 0.786. The van der Waals surface area contributed by atoms with Gasteiger partial charge in [0.15, 0.2) is 0 Å². The molecule has 0 aliphatic carbocycles. The first-order chi connectivity index (χ1) is 8.77. The topological polar surface area (TPSA) is 27.7 Å². The maximum Gasteiger partial charge on any atom is 0.0474 e. The Morgan fingerprint density at radius 2 is 2.22 bits per heavy atom.